The molecule has 0 radical (unpaired) electrons. The minimum Gasteiger partial charge on any atom is -0.314 e. The topological polar surface area (TPSA) is 40.7 Å². The molecule has 2 atom stereocenters. The average molecular weight is 237 g/mol. The van der Waals surface area contributed by atoms with Crippen LogP contribution in [0.3, 0.4) is 0 Å². The lowest BCUT2D eigenvalue weighted by Crippen LogP contribution is -2.37. The lowest BCUT2D eigenvalue weighted by molar-refractivity contribution is 0.228. The molecule has 1 aliphatic rings. The zero-order valence-electron chi connectivity index (χ0n) is 9.21. The van der Waals surface area contributed by atoms with Crippen molar-refractivity contribution < 1.29 is 8.78 Å². The summed E-state index contributed by atoms with van der Waals surface area (Å²) in [5.41, 5.74) is 1.21. The van der Waals surface area contributed by atoms with Crippen molar-refractivity contribution in [2.75, 3.05) is 13.1 Å². The van der Waals surface area contributed by atoms with Crippen molar-refractivity contribution in [3.63, 3.8) is 0 Å². The van der Waals surface area contributed by atoms with Crippen molar-refractivity contribution in [2.45, 2.75) is 18.5 Å². The molecule has 1 saturated heterocycles. The van der Waals surface area contributed by atoms with Gasteiger partial charge in [0.15, 0.2) is 0 Å². The molecule has 0 bridgehead atoms. The Labute approximate surface area is 97.2 Å². The number of alkyl halides is 1. The Morgan fingerprint density at radius 3 is 3.06 bits per heavy atom. The van der Waals surface area contributed by atoms with E-state index in [0.717, 1.165) is 17.4 Å². The molecule has 1 aromatic heterocycles. The van der Waals surface area contributed by atoms with Crippen molar-refractivity contribution in [2.24, 2.45) is 0 Å². The predicted molar refractivity (Wildman–Crippen MR) is 61.2 cm³/mol. The van der Waals surface area contributed by atoms with Crippen LogP contribution in [0, 0.1) is 5.82 Å². The second kappa shape index (κ2) is 4.07. The van der Waals surface area contributed by atoms with Crippen LogP contribution in [0.1, 0.15) is 17.9 Å². The quantitative estimate of drug-likeness (QED) is 0.797. The first kappa shape index (κ1) is 10.7. The highest BCUT2D eigenvalue weighted by Gasteiger charge is 2.28. The maximum absolute atomic E-state index is 13.9. The fourth-order valence-corrected chi connectivity index (χ4v) is 2.44. The van der Waals surface area contributed by atoms with E-state index in [0.29, 0.717) is 18.5 Å². The number of aromatic nitrogens is 2. The van der Waals surface area contributed by atoms with Gasteiger partial charge in [-0.15, -0.1) is 0 Å². The highest BCUT2D eigenvalue weighted by molar-refractivity contribution is 5.78. The summed E-state index contributed by atoms with van der Waals surface area (Å²) < 4.78 is 27.7. The van der Waals surface area contributed by atoms with Crippen LogP contribution in [0.2, 0.25) is 0 Å². The summed E-state index contributed by atoms with van der Waals surface area (Å²) in [6, 6.07) is 3.10. The second-order valence-corrected chi connectivity index (χ2v) is 4.45. The largest absolute Gasteiger partial charge is 0.314 e. The Bertz CT molecular complexity index is 538. The Morgan fingerprint density at radius 1 is 1.35 bits per heavy atom. The maximum Gasteiger partial charge on any atom is 0.127 e. The molecule has 3 rings (SSSR count). The van der Waals surface area contributed by atoms with Crippen LogP contribution in [0.4, 0.5) is 8.78 Å². The van der Waals surface area contributed by atoms with Gasteiger partial charge in [-0.2, -0.15) is 5.10 Å². The van der Waals surface area contributed by atoms with Gasteiger partial charge in [0.2, 0.25) is 0 Å². The number of hydrogen-bond acceptors (Lipinski definition) is 2. The molecule has 2 heterocycles. The fourth-order valence-electron chi connectivity index (χ4n) is 2.44. The number of aromatic amines is 1. The lowest BCUT2D eigenvalue weighted by atomic mass is 9.88. The number of halogens is 2. The number of hydrogen-bond donors (Lipinski definition) is 2. The molecular formula is C12H13F2N3. The van der Waals surface area contributed by atoms with Crippen LogP contribution in [0.15, 0.2) is 18.3 Å². The number of H-pyrrole nitrogens is 1. The van der Waals surface area contributed by atoms with Gasteiger partial charge < -0.3 is 5.32 Å². The van der Waals surface area contributed by atoms with Gasteiger partial charge in [0, 0.05) is 17.8 Å². The normalized spacial score (nSPS) is 25.3. The molecule has 0 amide bonds. The molecule has 17 heavy (non-hydrogen) atoms. The van der Waals surface area contributed by atoms with Crippen LogP contribution in [0.25, 0.3) is 10.9 Å². The molecule has 1 fully saturated rings. The Morgan fingerprint density at radius 2 is 2.24 bits per heavy atom. The molecule has 3 nitrogen and oxygen atoms in total. The van der Waals surface area contributed by atoms with Crippen LogP contribution < -0.4 is 5.32 Å². The van der Waals surface area contributed by atoms with Gasteiger partial charge in [-0.25, -0.2) is 8.78 Å². The summed E-state index contributed by atoms with van der Waals surface area (Å²) in [6.07, 6.45) is 1.16. The third-order valence-electron chi connectivity index (χ3n) is 3.37. The monoisotopic (exact) mass is 237 g/mol. The van der Waals surface area contributed by atoms with Crippen LogP contribution >= 0.6 is 0 Å². The first-order chi connectivity index (χ1) is 8.25. The van der Waals surface area contributed by atoms with Gasteiger partial charge >= 0.3 is 0 Å². The second-order valence-electron chi connectivity index (χ2n) is 4.45. The zero-order valence-corrected chi connectivity index (χ0v) is 9.21. The van der Waals surface area contributed by atoms with Crippen molar-refractivity contribution in [3.8, 4) is 0 Å². The predicted octanol–water partition coefficient (Wildman–Crippen LogP) is 2.12. The highest BCUT2D eigenvalue weighted by atomic mass is 19.1. The summed E-state index contributed by atoms with van der Waals surface area (Å²) in [7, 11) is 0. The molecule has 0 saturated carbocycles. The third kappa shape index (κ3) is 1.80. The first-order valence-corrected chi connectivity index (χ1v) is 5.73. The molecule has 1 aromatic carbocycles. The number of benzene rings is 1. The first-order valence-electron chi connectivity index (χ1n) is 5.73. The van der Waals surface area contributed by atoms with Gasteiger partial charge in [0.1, 0.15) is 12.0 Å². The summed E-state index contributed by atoms with van der Waals surface area (Å²) in [5.74, 6) is -0.697. The standard InChI is InChI=1S/C12H13F2N3/c13-10-3-7-5-16-17-12(7)4-9(10)8-1-2-15-6-11(8)14/h3-5,8,11,15H,1-2,6H2,(H,16,17). The van der Waals surface area contributed by atoms with E-state index in [1.807, 2.05) is 0 Å². The van der Waals surface area contributed by atoms with E-state index < -0.39 is 6.17 Å². The zero-order chi connectivity index (χ0) is 11.8. The smallest absolute Gasteiger partial charge is 0.127 e. The maximum atomic E-state index is 13.9. The van der Waals surface area contributed by atoms with E-state index >= 15 is 0 Å². The summed E-state index contributed by atoms with van der Waals surface area (Å²) in [6.45, 7) is 1.02. The number of rotatable bonds is 1. The minimum absolute atomic E-state index is 0.297. The Balaban J connectivity index is 2.05. The summed E-state index contributed by atoms with van der Waals surface area (Å²) >= 11 is 0. The van der Waals surface area contributed by atoms with E-state index in [2.05, 4.69) is 15.5 Å². The number of nitrogens with one attached hydrogen (secondary N) is 2. The SMILES string of the molecule is Fc1cc2cn[nH]c2cc1C1CCNCC1F. The Hall–Kier alpha value is -1.49. The van der Waals surface area contributed by atoms with Crippen molar-refractivity contribution in [1.29, 1.82) is 0 Å². The van der Waals surface area contributed by atoms with Crippen LogP contribution in [0.5, 0.6) is 0 Å². The molecule has 2 aromatic rings. The Kier molecular flexibility index (Phi) is 2.55. The highest BCUT2D eigenvalue weighted by Crippen LogP contribution is 2.31. The van der Waals surface area contributed by atoms with E-state index in [9.17, 15) is 8.78 Å². The average Bonchev–Trinajstić information content (AvgIpc) is 2.76. The molecule has 2 N–H and O–H groups in total. The molecule has 90 valence electrons. The van der Waals surface area contributed by atoms with Gasteiger partial charge in [-0.05, 0) is 30.7 Å². The fraction of sp³-hybridized carbons (Fsp3) is 0.417. The third-order valence-corrected chi connectivity index (χ3v) is 3.37. The van der Waals surface area contributed by atoms with Gasteiger partial charge in [0.05, 0.1) is 11.7 Å². The van der Waals surface area contributed by atoms with Crippen LogP contribution in [-0.4, -0.2) is 29.5 Å². The van der Waals surface area contributed by atoms with Crippen molar-refractivity contribution in [1.82, 2.24) is 15.5 Å². The summed E-state index contributed by atoms with van der Waals surface area (Å²) in [4.78, 5) is 0. The number of piperidine rings is 1. The van der Waals surface area contributed by atoms with E-state index in [-0.39, 0.29) is 11.7 Å². The number of fused-ring (bicyclic) bond motifs is 1. The molecule has 0 aliphatic carbocycles. The molecule has 0 spiro atoms. The van der Waals surface area contributed by atoms with Gasteiger partial charge in [-0.3, -0.25) is 5.10 Å². The molecule has 5 heteroatoms. The minimum atomic E-state index is -1.03. The van der Waals surface area contributed by atoms with E-state index in [4.69, 9.17) is 0 Å². The van der Waals surface area contributed by atoms with Crippen LogP contribution in [-0.2, 0) is 0 Å². The molecule has 2 unspecified atom stereocenters. The van der Waals surface area contributed by atoms with Crippen molar-refractivity contribution >= 4 is 10.9 Å². The number of nitrogens with zero attached hydrogens (tertiary/aromatic N) is 1. The van der Waals surface area contributed by atoms with E-state index in [1.54, 1.807) is 12.3 Å². The van der Waals surface area contributed by atoms with Gasteiger partial charge in [0.25, 0.3) is 0 Å². The van der Waals surface area contributed by atoms with E-state index in [1.165, 1.54) is 6.07 Å². The molecular weight excluding hydrogens is 224 g/mol. The lowest BCUT2D eigenvalue weighted by Gasteiger charge is -2.27. The molecule has 1 aliphatic heterocycles. The van der Waals surface area contributed by atoms with Crippen molar-refractivity contribution in [3.05, 3.63) is 29.7 Å². The van der Waals surface area contributed by atoms with Gasteiger partial charge in [-0.1, -0.05) is 0 Å². The summed E-state index contributed by atoms with van der Waals surface area (Å²) in [5, 5.41) is 10.3.